The van der Waals surface area contributed by atoms with Crippen molar-refractivity contribution in [3.63, 3.8) is 0 Å². The SMILES string of the molecule is Clc1ccc2nc(N3CCNCC3)c3nnnn3c2c1. The van der Waals surface area contributed by atoms with Crippen LogP contribution in [-0.4, -0.2) is 51.2 Å². The third-order valence-corrected chi connectivity index (χ3v) is 3.71. The van der Waals surface area contributed by atoms with Gasteiger partial charge in [0.1, 0.15) is 0 Å². The lowest BCUT2D eigenvalue weighted by Crippen LogP contribution is -2.44. The molecule has 3 aromatic rings. The van der Waals surface area contributed by atoms with Crippen molar-refractivity contribution in [2.24, 2.45) is 0 Å². The van der Waals surface area contributed by atoms with Gasteiger partial charge < -0.3 is 10.2 Å². The standard InChI is InChI=1S/C12H12ClN7/c13-8-1-2-9-10(7-8)20-12(16-17-18-20)11(15-9)19-5-3-14-4-6-19/h1-2,7,14H,3-6H2. The summed E-state index contributed by atoms with van der Waals surface area (Å²) in [4.78, 5) is 6.92. The van der Waals surface area contributed by atoms with Gasteiger partial charge in [-0.3, -0.25) is 0 Å². The van der Waals surface area contributed by atoms with Crippen LogP contribution in [-0.2, 0) is 0 Å². The molecule has 2 aromatic heterocycles. The first-order valence-corrected chi connectivity index (χ1v) is 6.84. The van der Waals surface area contributed by atoms with E-state index in [-0.39, 0.29) is 0 Å². The first-order chi connectivity index (χ1) is 9.83. The van der Waals surface area contributed by atoms with Gasteiger partial charge in [0.25, 0.3) is 0 Å². The Kier molecular flexibility index (Phi) is 2.68. The molecule has 0 saturated carbocycles. The van der Waals surface area contributed by atoms with E-state index in [2.05, 4.69) is 25.7 Å². The number of nitrogens with zero attached hydrogens (tertiary/aromatic N) is 6. The van der Waals surface area contributed by atoms with Crippen molar-refractivity contribution in [3.8, 4) is 0 Å². The summed E-state index contributed by atoms with van der Waals surface area (Å²) < 4.78 is 1.70. The molecule has 20 heavy (non-hydrogen) atoms. The summed E-state index contributed by atoms with van der Waals surface area (Å²) in [6.45, 7) is 3.67. The van der Waals surface area contributed by atoms with E-state index in [1.165, 1.54) is 0 Å². The molecule has 0 aliphatic carbocycles. The van der Waals surface area contributed by atoms with Crippen molar-refractivity contribution in [1.29, 1.82) is 0 Å². The van der Waals surface area contributed by atoms with Crippen LogP contribution in [0.15, 0.2) is 18.2 Å². The molecule has 7 nitrogen and oxygen atoms in total. The van der Waals surface area contributed by atoms with Gasteiger partial charge in [-0.1, -0.05) is 11.6 Å². The average molecular weight is 290 g/mol. The highest BCUT2D eigenvalue weighted by Crippen LogP contribution is 2.24. The maximum atomic E-state index is 6.05. The summed E-state index contributed by atoms with van der Waals surface area (Å²) >= 11 is 6.05. The maximum Gasteiger partial charge on any atom is 0.222 e. The zero-order valence-electron chi connectivity index (χ0n) is 10.6. The predicted molar refractivity (Wildman–Crippen MR) is 76.2 cm³/mol. The van der Waals surface area contributed by atoms with Crippen LogP contribution in [0, 0.1) is 0 Å². The van der Waals surface area contributed by atoms with Crippen LogP contribution < -0.4 is 10.2 Å². The van der Waals surface area contributed by atoms with E-state index in [0.29, 0.717) is 10.7 Å². The van der Waals surface area contributed by atoms with Crippen LogP contribution in [0.5, 0.6) is 0 Å². The lowest BCUT2D eigenvalue weighted by molar-refractivity contribution is 0.586. The molecule has 1 aliphatic rings. The van der Waals surface area contributed by atoms with E-state index >= 15 is 0 Å². The Hall–Kier alpha value is -1.99. The molecule has 1 aromatic carbocycles. The van der Waals surface area contributed by atoms with Crippen molar-refractivity contribution in [2.75, 3.05) is 31.1 Å². The molecule has 1 N–H and O–H groups in total. The fourth-order valence-electron chi connectivity index (χ4n) is 2.50. The number of tetrazole rings is 1. The van der Waals surface area contributed by atoms with Crippen molar-refractivity contribution < 1.29 is 0 Å². The van der Waals surface area contributed by atoms with Gasteiger partial charge >= 0.3 is 0 Å². The minimum Gasteiger partial charge on any atom is -0.351 e. The highest BCUT2D eigenvalue weighted by molar-refractivity contribution is 6.31. The number of piperazine rings is 1. The van der Waals surface area contributed by atoms with E-state index in [1.54, 1.807) is 4.52 Å². The molecule has 8 heteroatoms. The molecule has 0 radical (unpaired) electrons. The van der Waals surface area contributed by atoms with Gasteiger partial charge in [-0.05, 0) is 28.6 Å². The third kappa shape index (κ3) is 1.78. The molecule has 4 rings (SSSR count). The summed E-state index contributed by atoms with van der Waals surface area (Å²) in [5.41, 5.74) is 2.32. The van der Waals surface area contributed by atoms with Crippen molar-refractivity contribution in [2.45, 2.75) is 0 Å². The Balaban J connectivity index is 1.99. The quantitative estimate of drug-likeness (QED) is 0.712. The van der Waals surface area contributed by atoms with Gasteiger partial charge in [-0.2, -0.15) is 4.52 Å². The van der Waals surface area contributed by atoms with Gasteiger partial charge in [0.2, 0.25) is 5.65 Å². The number of anilines is 1. The Labute approximate surface area is 119 Å². The van der Waals surface area contributed by atoms with Gasteiger partial charge in [-0.15, -0.1) is 5.10 Å². The number of aromatic nitrogens is 5. The Morgan fingerprint density at radius 2 is 2.05 bits per heavy atom. The summed E-state index contributed by atoms with van der Waals surface area (Å²) in [6.07, 6.45) is 0. The van der Waals surface area contributed by atoms with Crippen LogP contribution in [0.4, 0.5) is 5.82 Å². The first-order valence-electron chi connectivity index (χ1n) is 6.46. The number of fused-ring (bicyclic) bond motifs is 3. The lowest BCUT2D eigenvalue weighted by atomic mass is 10.3. The van der Waals surface area contributed by atoms with Crippen LogP contribution >= 0.6 is 11.6 Å². The predicted octanol–water partition coefficient (Wildman–Crippen LogP) is 0.735. The number of benzene rings is 1. The third-order valence-electron chi connectivity index (χ3n) is 3.48. The molecule has 1 aliphatic heterocycles. The van der Waals surface area contributed by atoms with Crippen molar-refractivity contribution in [1.82, 2.24) is 30.3 Å². The highest BCUT2D eigenvalue weighted by atomic mass is 35.5. The fraction of sp³-hybridized carbons (Fsp3) is 0.333. The minimum atomic E-state index is 0.644. The summed E-state index contributed by atoms with van der Waals surface area (Å²) in [7, 11) is 0. The molecule has 0 atom stereocenters. The molecule has 102 valence electrons. The largest absolute Gasteiger partial charge is 0.351 e. The monoisotopic (exact) mass is 289 g/mol. The molecule has 1 saturated heterocycles. The van der Waals surface area contributed by atoms with Crippen LogP contribution in [0.25, 0.3) is 16.7 Å². The normalized spacial score (nSPS) is 16.1. The Morgan fingerprint density at radius 1 is 1.20 bits per heavy atom. The molecule has 0 bridgehead atoms. The van der Waals surface area contributed by atoms with Crippen LogP contribution in [0.1, 0.15) is 0 Å². The average Bonchev–Trinajstić information content (AvgIpc) is 2.97. The summed E-state index contributed by atoms with van der Waals surface area (Å²) in [5.74, 6) is 0.825. The second-order valence-electron chi connectivity index (χ2n) is 4.72. The second-order valence-corrected chi connectivity index (χ2v) is 5.16. The molecular weight excluding hydrogens is 278 g/mol. The summed E-state index contributed by atoms with van der Waals surface area (Å²) in [6, 6.07) is 5.55. The highest BCUT2D eigenvalue weighted by Gasteiger charge is 2.19. The topological polar surface area (TPSA) is 71.2 Å². The van der Waals surface area contributed by atoms with Crippen LogP contribution in [0.3, 0.4) is 0 Å². The molecule has 3 heterocycles. The Bertz CT molecular complexity index is 778. The second kappa shape index (κ2) is 4.53. The van der Waals surface area contributed by atoms with Crippen molar-refractivity contribution >= 4 is 34.1 Å². The Morgan fingerprint density at radius 3 is 2.90 bits per heavy atom. The fourth-order valence-corrected chi connectivity index (χ4v) is 2.67. The van der Waals surface area contributed by atoms with E-state index in [0.717, 1.165) is 43.0 Å². The van der Waals surface area contributed by atoms with Gasteiger partial charge in [0, 0.05) is 31.2 Å². The van der Waals surface area contributed by atoms with Crippen molar-refractivity contribution in [3.05, 3.63) is 23.2 Å². The zero-order valence-corrected chi connectivity index (χ0v) is 11.4. The smallest absolute Gasteiger partial charge is 0.222 e. The van der Waals surface area contributed by atoms with E-state index in [9.17, 15) is 0 Å². The molecule has 0 unspecified atom stereocenters. The van der Waals surface area contributed by atoms with E-state index < -0.39 is 0 Å². The van der Waals surface area contributed by atoms with Gasteiger partial charge in [0.15, 0.2) is 5.82 Å². The van der Waals surface area contributed by atoms with Gasteiger partial charge in [0.05, 0.1) is 11.0 Å². The molecule has 0 spiro atoms. The molecular formula is C12H12ClN7. The first kappa shape index (κ1) is 11.8. The van der Waals surface area contributed by atoms with Crippen LogP contribution in [0.2, 0.25) is 5.02 Å². The number of halogens is 1. The molecule has 0 amide bonds. The summed E-state index contributed by atoms with van der Waals surface area (Å²) in [5, 5.41) is 15.9. The molecule has 1 fully saturated rings. The number of nitrogens with one attached hydrogen (secondary N) is 1. The number of rotatable bonds is 1. The minimum absolute atomic E-state index is 0.644. The number of hydrogen-bond donors (Lipinski definition) is 1. The van der Waals surface area contributed by atoms with Gasteiger partial charge in [-0.25, -0.2) is 4.98 Å². The van der Waals surface area contributed by atoms with E-state index in [4.69, 9.17) is 16.6 Å². The number of hydrogen-bond acceptors (Lipinski definition) is 6. The maximum absolute atomic E-state index is 6.05. The lowest BCUT2D eigenvalue weighted by Gasteiger charge is -2.28. The van der Waals surface area contributed by atoms with E-state index in [1.807, 2.05) is 18.2 Å². The zero-order chi connectivity index (χ0) is 13.5.